The van der Waals surface area contributed by atoms with Gasteiger partial charge in [0.15, 0.2) is 0 Å². The highest BCUT2D eigenvalue weighted by atomic mass is 19.4. The van der Waals surface area contributed by atoms with Crippen LogP contribution in [0.5, 0.6) is 0 Å². The van der Waals surface area contributed by atoms with Crippen LogP contribution in [0.25, 0.3) is 0 Å². The second kappa shape index (κ2) is 46.1. The Morgan fingerprint density at radius 1 is 0.384 bits per heavy atom. The van der Waals surface area contributed by atoms with Crippen LogP contribution in [0, 0.1) is 105 Å². The van der Waals surface area contributed by atoms with Crippen molar-refractivity contribution >= 4 is 0 Å². The van der Waals surface area contributed by atoms with Gasteiger partial charge in [-0.1, -0.05) is 258 Å². The molecule has 0 amide bonds. The molecule has 0 aromatic rings. The average molecular weight is 1280 g/mol. The van der Waals surface area contributed by atoms with Crippen molar-refractivity contribution in [1.82, 2.24) is 0 Å². The van der Waals surface area contributed by atoms with Crippen molar-refractivity contribution in [3.8, 4) is 0 Å². The molecule has 0 N–H and O–H groups in total. The summed E-state index contributed by atoms with van der Waals surface area (Å²) in [5, 5.41) is 0. The lowest BCUT2D eigenvalue weighted by Gasteiger charge is -2.35. The third-order valence-corrected chi connectivity index (χ3v) is 17.3. The lowest BCUT2D eigenvalue weighted by atomic mass is 9.73. The van der Waals surface area contributed by atoms with Crippen molar-refractivity contribution in [3.05, 3.63) is 0 Å². The van der Waals surface area contributed by atoms with Crippen LogP contribution in [-0.2, 0) is 0 Å². The molecule has 528 valence electrons. The Morgan fingerprint density at radius 3 is 0.907 bits per heavy atom. The van der Waals surface area contributed by atoms with Crippen LogP contribution in [0.3, 0.4) is 0 Å². The number of rotatable bonds is 7. The molecule has 0 aromatic heterocycles. The first-order valence-electron chi connectivity index (χ1n) is 34.3. The second-order valence-corrected chi connectivity index (χ2v) is 30.7. The first-order chi connectivity index (χ1) is 39.0. The standard InChI is InChI=1S/2C9H15F3.C8H13F3.C8H16.2C7H16.C6H11F3.2C6H14.C5H9F3/c1-6-3-7(2)5-8(4-6)9(10,11)12;1-6-4-3-5-8(7(6)2)9(10,11)12;1-5-3-6(2)7(4-5)8(9,10)11;1-6-4-5-7(2)8(6)3;2*1-5-6-7(2,3)4;1-3-4-5(2)6(7,8)9;1-5-6(2,3)4;1-4-5-6(2)3;1-3-4(2)5(6,7)8/h2*6-8H,3-5H2,1-2H3;5-7H,3-4H2,1-2H3;6-8H,4-5H2,1-3H3;2*5-6H2,1-4H3;5H,3-4H2,1-2H3;5H2,1-4H3;6H,4-5H2,1-3H3;4H,3H2,1-2H3/t6-,7?,8?;6?,7-,8?;;;;;;;;/m01......../s1/i;;;;5D2;;;;;. The number of hydrogen-bond acceptors (Lipinski definition) is 0. The summed E-state index contributed by atoms with van der Waals surface area (Å²) in [6.07, 6.45) is -5.06. The summed E-state index contributed by atoms with van der Waals surface area (Å²) in [6, 6.07) is 0. The lowest BCUT2D eigenvalue weighted by molar-refractivity contribution is -0.199. The SMILES string of the molecule is CC1CC(C(F)(F)F)C[C@@H](C)C1.CC1CC(C)C(C(F)(F)F)C1.CC1CCC(C)C1C.CC1CCCC(C(F)(F)F)[C@@H]1C.CCC(C)(C)C.CCC(C)C(F)(F)F.CCCC(C)(C)C.CCCC(C)C.CCCC(C)C(F)(F)F.[2H]C([2H])(C)CC(C)(C)C. The van der Waals surface area contributed by atoms with Gasteiger partial charge in [-0.05, 0) is 140 Å². The van der Waals surface area contributed by atoms with Gasteiger partial charge in [0.1, 0.15) is 0 Å². The van der Waals surface area contributed by atoms with Crippen LogP contribution >= 0.6 is 0 Å². The highest BCUT2D eigenvalue weighted by Crippen LogP contribution is 2.46. The quantitative estimate of drug-likeness (QED) is 0.223. The lowest BCUT2D eigenvalue weighted by Crippen LogP contribution is -2.35. The number of halogens is 15. The molecule has 0 radical (unpaired) electrons. The third kappa shape index (κ3) is 56.9. The molecule has 0 aromatic carbocycles. The number of hydrogen-bond donors (Lipinski definition) is 0. The molecule has 4 saturated carbocycles. The van der Waals surface area contributed by atoms with E-state index in [4.69, 9.17) is 2.74 Å². The molecule has 0 nitrogen and oxygen atoms in total. The molecule has 0 heterocycles. The Kier molecular flexibility index (Phi) is 49.0. The summed E-state index contributed by atoms with van der Waals surface area (Å²) >= 11 is 0. The third-order valence-electron chi connectivity index (χ3n) is 17.3. The van der Waals surface area contributed by atoms with Crippen molar-refractivity contribution in [2.24, 2.45) is 105 Å². The van der Waals surface area contributed by atoms with Gasteiger partial charge in [0.2, 0.25) is 0 Å². The molecule has 4 aliphatic rings. The van der Waals surface area contributed by atoms with E-state index >= 15 is 0 Å². The Labute approximate surface area is 525 Å². The molecular weight excluding hydrogens is 1140 g/mol. The van der Waals surface area contributed by atoms with Crippen molar-refractivity contribution in [1.29, 1.82) is 0 Å². The zero-order valence-corrected chi connectivity index (χ0v) is 60.3. The summed E-state index contributed by atoms with van der Waals surface area (Å²) in [6.45, 7) is 56.3. The monoisotopic (exact) mass is 1280 g/mol. The fraction of sp³-hybridized carbons (Fsp3) is 1.00. The Bertz CT molecular complexity index is 1580. The molecule has 0 aliphatic heterocycles. The first kappa shape index (κ1) is 91.4. The molecule has 0 spiro atoms. The Hall–Kier alpha value is -1.05. The molecular formula is C71H139F15. The van der Waals surface area contributed by atoms with Gasteiger partial charge in [-0.25, -0.2) is 0 Å². The van der Waals surface area contributed by atoms with Gasteiger partial charge in [0.25, 0.3) is 0 Å². The highest BCUT2D eigenvalue weighted by molar-refractivity contribution is 4.84. The van der Waals surface area contributed by atoms with Crippen molar-refractivity contribution in [2.75, 3.05) is 0 Å². The summed E-state index contributed by atoms with van der Waals surface area (Å²) in [7, 11) is 0. The maximum absolute atomic E-state index is 12.4. The van der Waals surface area contributed by atoms with E-state index in [1.54, 1.807) is 27.7 Å². The molecule has 11 unspecified atom stereocenters. The van der Waals surface area contributed by atoms with Gasteiger partial charge in [-0.15, -0.1) is 0 Å². The molecule has 15 heteroatoms. The average Bonchev–Trinajstić information content (AvgIpc) is 3.91. The zero-order valence-electron chi connectivity index (χ0n) is 62.3. The first-order valence-corrected chi connectivity index (χ1v) is 33.3. The van der Waals surface area contributed by atoms with E-state index in [0.717, 1.165) is 49.4 Å². The van der Waals surface area contributed by atoms with E-state index in [0.29, 0.717) is 49.4 Å². The maximum atomic E-state index is 12.4. The van der Waals surface area contributed by atoms with Gasteiger partial charge < -0.3 is 0 Å². The molecule has 4 rings (SSSR count). The minimum atomic E-state index is -3.99. The molecule has 4 fully saturated rings. The van der Waals surface area contributed by atoms with E-state index in [1.807, 2.05) is 48.5 Å². The van der Waals surface area contributed by atoms with Crippen molar-refractivity contribution < 1.29 is 68.6 Å². The van der Waals surface area contributed by atoms with Crippen LogP contribution in [0.4, 0.5) is 65.9 Å². The highest BCUT2D eigenvalue weighted by Gasteiger charge is 2.48. The molecule has 86 heavy (non-hydrogen) atoms. The molecule has 4 aliphatic carbocycles. The predicted octanol–water partition coefficient (Wildman–Crippen LogP) is 29.3. The van der Waals surface area contributed by atoms with Crippen molar-refractivity contribution in [2.45, 2.75) is 353 Å². The van der Waals surface area contributed by atoms with Crippen LogP contribution in [0.2, 0.25) is 0 Å². The molecule has 0 saturated heterocycles. The maximum Gasteiger partial charge on any atom is 0.392 e. The summed E-state index contributed by atoms with van der Waals surface area (Å²) in [5.41, 5.74) is 1.20. The van der Waals surface area contributed by atoms with Crippen LogP contribution < -0.4 is 0 Å². The Morgan fingerprint density at radius 2 is 0.756 bits per heavy atom. The van der Waals surface area contributed by atoms with E-state index in [1.165, 1.54) is 65.7 Å². The van der Waals surface area contributed by atoms with Gasteiger partial charge in [0.05, 0.1) is 29.6 Å². The minimum Gasteiger partial charge on any atom is -0.171 e. The smallest absolute Gasteiger partial charge is 0.171 e. The van der Waals surface area contributed by atoms with Gasteiger partial charge >= 0.3 is 30.9 Å². The van der Waals surface area contributed by atoms with Crippen molar-refractivity contribution in [3.63, 3.8) is 0 Å². The molecule has 13 atom stereocenters. The van der Waals surface area contributed by atoms with E-state index in [-0.39, 0.29) is 53.8 Å². The van der Waals surface area contributed by atoms with E-state index in [2.05, 4.69) is 96.9 Å². The summed E-state index contributed by atoms with van der Waals surface area (Å²) in [4.78, 5) is 0. The number of alkyl halides is 15. The van der Waals surface area contributed by atoms with Crippen LogP contribution in [0.15, 0.2) is 0 Å². The van der Waals surface area contributed by atoms with Crippen LogP contribution in [-0.4, -0.2) is 30.9 Å². The molecule has 0 bridgehead atoms. The fourth-order valence-electron chi connectivity index (χ4n) is 10.6. The predicted molar refractivity (Wildman–Crippen MR) is 341 cm³/mol. The Balaban J connectivity index is -0.000000214. The summed E-state index contributed by atoms with van der Waals surface area (Å²) in [5.74, 6) is -0.994. The second-order valence-electron chi connectivity index (χ2n) is 30.7. The van der Waals surface area contributed by atoms with Gasteiger partial charge in [-0.3, -0.25) is 0 Å². The summed E-state index contributed by atoms with van der Waals surface area (Å²) < 4.78 is 194. The van der Waals surface area contributed by atoms with E-state index in [9.17, 15) is 65.9 Å². The van der Waals surface area contributed by atoms with Gasteiger partial charge in [0, 0.05) is 2.74 Å². The van der Waals surface area contributed by atoms with E-state index < -0.39 is 66.8 Å². The largest absolute Gasteiger partial charge is 0.392 e. The van der Waals surface area contributed by atoms with Gasteiger partial charge in [-0.2, -0.15) is 65.9 Å². The minimum absolute atomic E-state index is 0.109. The topological polar surface area (TPSA) is 0 Å². The normalized spacial score (nSPS) is 27.3. The van der Waals surface area contributed by atoms with Crippen LogP contribution in [0.1, 0.15) is 325 Å². The fourth-order valence-corrected chi connectivity index (χ4v) is 10.6. The zero-order chi connectivity index (χ0) is 71.6.